The minimum Gasteiger partial charge on any atom is -0.380 e. The molecule has 1 aliphatic rings. The van der Waals surface area contributed by atoms with E-state index in [2.05, 4.69) is 6.92 Å². The van der Waals surface area contributed by atoms with Crippen molar-refractivity contribution in [3.05, 3.63) is 0 Å². The normalized spacial score (nSPS) is 19.7. The summed E-state index contributed by atoms with van der Waals surface area (Å²) in [6, 6.07) is 0.354. The topological polar surface area (TPSA) is 55.6 Å². The van der Waals surface area contributed by atoms with E-state index >= 15 is 0 Å². The third kappa shape index (κ3) is 3.47. The Hall–Kier alpha value is -0.610. The maximum Gasteiger partial charge on any atom is 0.225 e. The Morgan fingerprint density at radius 1 is 1.60 bits per heavy atom. The lowest BCUT2D eigenvalue weighted by atomic mass is 10.1. The average molecular weight is 214 g/mol. The number of carbonyl (C=O) groups excluding carboxylic acids is 1. The maximum absolute atomic E-state index is 11.8. The highest BCUT2D eigenvalue weighted by atomic mass is 16.5. The van der Waals surface area contributed by atoms with Crippen LogP contribution in [0.1, 0.15) is 26.2 Å². The molecule has 0 aromatic carbocycles. The molecule has 0 bridgehead atoms. The summed E-state index contributed by atoms with van der Waals surface area (Å²) in [5.41, 5.74) is 5.48. The summed E-state index contributed by atoms with van der Waals surface area (Å²) >= 11 is 0. The molecule has 15 heavy (non-hydrogen) atoms. The summed E-state index contributed by atoms with van der Waals surface area (Å²) in [5, 5.41) is 0. The predicted molar refractivity (Wildman–Crippen MR) is 59.4 cm³/mol. The summed E-state index contributed by atoms with van der Waals surface area (Å²) in [6.07, 6.45) is 2.75. The Kier molecular flexibility index (Phi) is 4.54. The summed E-state index contributed by atoms with van der Waals surface area (Å²) in [6.45, 7) is 2.51. The van der Waals surface area contributed by atoms with Crippen molar-refractivity contribution < 1.29 is 9.53 Å². The molecule has 0 aliphatic heterocycles. The fourth-order valence-corrected chi connectivity index (χ4v) is 1.72. The van der Waals surface area contributed by atoms with E-state index in [1.54, 1.807) is 7.11 Å². The number of hydrogen-bond donors (Lipinski definition) is 1. The van der Waals surface area contributed by atoms with Crippen LogP contribution in [0.15, 0.2) is 0 Å². The molecule has 4 nitrogen and oxygen atoms in total. The number of methoxy groups -OCH3 is 1. The lowest BCUT2D eigenvalue weighted by molar-refractivity contribution is -0.134. The molecule has 0 aromatic rings. The lowest BCUT2D eigenvalue weighted by Gasteiger charge is -2.26. The van der Waals surface area contributed by atoms with Gasteiger partial charge in [-0.3, -0.25) is 4.79 Å². The molecule has 0 heterocycles. The fourth-order valence-electron chi connectivity index (χ4n) is 1.72. The van der Waals surface area contributed by atoms with Gasteiger partial charge in [0.05, 0.1) is 12.5 Å². The van der Waals surface area contributed by atoms with Crippen molar-refractivity contribution in [2.24, 2.45) is 11.7 Å². The largest absolute Gasteiger partial charge is 0.380 e. The van der Waals surface area contributed by atoms with Gasteiger partial charge in [-0.1, -0.05) is 0 Å². The Morgan fingerprint density at radius 3 is 2.60 bits per heavy atom. The highest BCUT2D eigenvalue weighted by Gasteiger charge is 2.32. The summed E-state index contributed by atoms with van der Waals surface area (Å²) in [4.78, 5) is 13.7. The van der Waals surface area contributed by atoms with Gasteiger partial charge in [0, 0.05) is 26.7 Å². The summed E-state index contributed by atoms with van der Waals surface area (Å²) in [7, 11) is 3.46. The molecule has 88 valence electrons. The number of amides is 1. The van der Waals surface area contributed by atoms with Crippen LogP contribution in [0.25, 0.3) is 0 Å². The van der Waals surface area contributed by atoms with Crippen molar-refractivity contribution >= 4 is 5.91 Å². The monoisotopic (exact) mass is 214 g/mol. The second-order valence-electron chi connectivity index (χ2n) is 4.38. The molecule has 1 fully saturated rings. The van der Waals surface area contributed by atoms with Crippen LogP contribution in [-0.4, -0.2) is 43.7 Å². The van der Waals surface area contributed by atoms with Gasteiger partial charge in [-0.15, -0.1) is 0 Å². The van der Waals surface area contributed by atoms with Gasteiger partial charge in [0.15, 0.2) is 0 Å². The predicted octanol–water partition coefficient (Wildman–Crippen LogP) is 0.607. The first-order valence-corrected chi connectivity index (χ1v) is 5.58. The van der Waals surface area contributed by atoms with Crippen LogP contribution in [0.5, 0.6) is 0 Å². The smallest absolute Gasteiger partial charge is 0.225 e. The van der Waals surface area contributed by atoms with Gasteiger partial charge in [-0.05, 0) is 25.7 Å². The highest BCUT2D eigenvalue weighted by molar-refractivity contribution is 5.76. The van der Waals surface area contributed by atoms with Crippen LogP contribution in [0.3, 0.4) is 0 Å². The maximum atomic E-state index is 11.8. The molecular formula is C11H22N2O2. The van der Waals surface area contributed by atoms with Crippen molar-refractivity contribution in [3.63, 3.8) is 0 Å². The molecule has 1 aliphatic carbocycles. The van der Waals surface area contributed by atoms with Crippen molar-refractivity contribution in [1.29, 1.82) is 0 Å². The zero-order valence-corrected chi connectivity index (χ0v) is 9.90. The Morgan fingerprint density at radius 2 is 2.20 bits per heavy atom. The molecule has 0 radical (unpaired) electrons. The molecule has 4 heteroatoms. The van der Waals surface area contributed by atoms with E-state index in [1.807, 2.05) is 11.9 Å². The molecular weight excluding hydrogens is 192 g/mol. The third-order valence-corrected chi connectivity index (χ3v) is 3.31. The highest BCUT2D eigenvalue weighted by Crippen LogP contribution is 2.34. The Bertz CT molecular complexity index is 213. The summed E-state index contributed by atoms with van der Waals surface area (Å²) < 4.78 is 5.10. The minimum absolute atomic E-state index is 0.131. The van der Waals surface area contributed by atoms with Gasteiger partial charge in [0.1, 0.15) is 0 Å². The molecule has 0 aromatic heterocycles. The number of ether oxygens (including phenoxy) is 1. The third-order valence-electron chi connectivity index (χ3n) is 3.31. The molecule has 2 N–H and O–H groups in total. The van der Waals surface area contributed by atoms with E-state index in [9.17, 15) is 4.79 Å². The molecule has 0 saturated heterocycles. The summed E-state index contributed by atoms with van der Waals surface area (Å²) in [5.74, 6) is 0.838. The van der Waals surface area contributed by atoms with Gasteiger partial charge in [-0.25, -0.2) is 0 Å². The molecule has 2 unspecified atom stereocenters. The first kappa shape index (κ1) is 12.5. The van der Waals surface area contributed by atoms with Crippen molar-refractivity contribution in [1.82, 2.24) is 4.90 Å². The van der Waals surface area contributed by atoms with Crippen molar-refractivity contribution in [3.8, 4) is 0 Å². The van der Waals surface area contributed by atoms with Gasteiger partial charge < -0.3 is 15.4 Å². The standard InChI is InChI=1S/C11H22N2O2/c1-8(9-4-5-9)13(2)11(14)6-10(7-12)15-3/h8-10H,4-7,12H2,1-3H3. The van der Waals surface area contributed by atoms with Crippen LogP contribution in [0.4, 0.5) is 0 Å². The first-order valence-electron chi connectivity index (χ1n) is 5.58. The average Bonchev–Trinajstić information content (AvgIpc) is 3.07. The van der Waals surface area contributed by atoms with Gasteiger partial charge in [0.25, 0.3) is 0 Å². The first-order chi connectivity index (χ1) is 7.10. The van der Waals surface area contributed by atoms with Gasteiger partial charge >= 0.3 is 0 Å². The number of hydrogen-bond acceptors (Lipinski definition) is 3. The molecule has 2 atom stereocenters. The van der Waals surface area contributed by atoms with E-state index in [0.29, 0.717) is 24.9 Å². The Labute approximate surface area is 91.8 Å². The number of carbonyl (C=O) groups is 1. The van der Waals surface area contributed by atoms with Crippen LogP contribution in [-0.2, 0) is 9.53 Å². The van der Waals surface area contributed by atoms with E-state index in [4.69, 9.17) is 10.5 Å². The van der Waals surface area contributed by atoms with Crippen molar-refractivity contribution in [2.45, 2.75) is 38.3 Å². The molecule has 0 spiro atoms. The van der Waals surface area contributed by atoms with Crippen LogP contribution >= 0.6 is 0 Å². The molecule has 1 amide bonds. The number of nitrogens with two attached hydrogens (primary N) is 1. The lowest BCUT2D eigenvalue weighted by Crippen LogP contribution is -2.39. The fraction of sp³-hybridized carbons (Fsp3) is 0.909. The number of rotatable bonds is 6. The second kappa shape index (κ2) is 5.47. The van der Waals surface area contributed by atoms with Crippen LogP contribution in [0, 0.1) is 5.92 Å². The van der Waals surface area contributed by atoms with E-state index < -0.39 is 0 Å². The van der Waals surface area contributed by atoms with Crippen LogP contribution in [0.2, 0.25) is 0 Å². The zero-order valence-electron chi connectivity index (χ0n) is 9.90. The second-order valence-corrected chi connectivity index (χ2v) is 4.38. The van der Waals surface area contributed by atoms with Crippen molar-refractivity contribution in [2.75, 3.05) is 20.7 Å². The quantitative estimate of drug-likeness (QED) is 0.704. The number of nitrogens with zero attached hydrogens (tertiary/aromatic N) is 1. The van der Waals surface area contributed by atoms with E-state index in [1.165, 1.54) is 12.8 Å². The minimum atomic E-state index is -0.147. The SMILES string of the molecule is COC(CN)CC(=O)N(C)C(C)C1CC1. The molecule has 1 rings (SSSR count). The van der Waals surface area contributed by atoms with Gasteiger partial charge in [0.2, 0.25) is 5.91 Å². The zero-order chi connectivity index (χ0) is 11.4. The Balaban J connectivity index is 2.37. The van der Waals surface area contributed by atoms with E-state index in [-0.39, 0.29) is 12.0 Å². The van der Waals surface area contributed by atoms with Gasteiger partial charge in [-0.2, -0.15) is 0 Å². The molecule has 1 saturated carbocycles. The van der Waals surface area contributed by atoms with Crippen LogP contribution < -0.4 is 5.73 Å². The van der Waals surface area contributed by atoms with E-state index in [0.717, 1.165) is 0 Å².